The van der Waals surface area contributed by atoms with E-state index < -0.39 is 0 Å². The molecule has 1 aliphatic heterocycles. The molecule has 0 aromatic heterocycles. The summed E-state index contributed by atoms with van der Waals surface area (Å²) in [5.74, 6) is 0.388. The molecule has 0 aliphatic carbocycles. The first-order valence-corrected chi connectivity index (χ1v) is 10.7. The molecule has 1 atom stereocenters. The van der Waals surface area contributed by atoms with Crippen LogP contribution in [0.2, 0.25) is 5.02 Å². The Morgan fingerprint density at radius 3 is 2.38 bits per heavy atom. The number of hydrogen-bond acceptors (Lipinski definition) is 3. The molecule has 3 rings (SSSR count). The quantitative estimate of drug-likeness (QED) is 0.695. The van der Waals surface area contributed by atoms with E-state index in [0.29, 0.717) is 17.3 Å². The summed E-state index contributed by atoms with van der Waals surface area (Å²) in [6.07, 6.45) is 2.42. The van der Waals surface area contributed by atoms with E-state index in [1.54, 1.807) is 12.1 Å². The molecular formula is C24H31ClN2O2. The Hall–Kier alpha value is -2.04. The first-order chi connectivity index (χ1) is 13.8. The van der Waals surface area contributed by atoms with Crippen molar-refractivity contribution in [2.24, 2.45) is 0 Å². The standard InChI is InChI=1S/C24H31ClN2O2/c1-24(2,3)19-12-10-18(11-13-19)21(27-14-6-7-15-27)16-26-23(28)17-29-22-9-5-4-8-20(22)25/h4-5,8-13,21H,6-7,14-17H2,1-3H3,(H,26,28)/t21-/m0/s1. The van der Waals surface area contributed by atoms with Gasteiger partial charge in [-0.1, -0.05) is 68.8 Å². The molecule has 1 aliphatic rings. The third-order valence-corrected chi connectivity index (χ3v) is 5.74. The molecular weight excluding hydrogens is 384 g/mol. The largest absolute Gasteiger partial charge is 0.482 e. The predicted octanol–water partition coefficient (Wildman–Crippen LogP) is 4.97. The van der Waals surface area contributed by atoms with Crippen molar-refractivity contribution < 1.29 is 9.53 Å². The number of halogens is 1. The Kier molecular flexibility index (Phi) is 7.20. The van der Waals surface area contributed by atoms with Crippen LogP contribution < -0.4 is 10.1 Å². The lowest BCUT2D eigenvalue weighted by Gasteiger charge is -2.29. The Bertz CT molecular complexity index is 808. The Balaban J connectivity index is 1.62. The first kappa shape index (κ1) is 21.7. The molecule has 0 bridgehead atoms. The van der Waals surface area contributed by atoms with Gasteiger partial charge in [0.1, 0.15) is 5.75 Å². The van der Waals surface area contributed by atoms with E-state index in [0.717, 1.165) is 13.1 Å². The number of carbonyl (C=O) groups excluding carboxylic acids is 1. The Morgan fingerprint density at radius 2 is 1.76 bits per heavy atom. The summed E-state index contributed by atoms with van der Waals surface area (Å²) in [4.78, 5) is 14.8. The van der Waals surface area contributed by atoms with Gasteiger partial charge in [0.15, 0.2) is 6.61 Å². The number of nitrogens with zero attached hydrogens (tertiary/aromatic N) is 1. The van der Waals surface area contributed by atoms with E-state index >= 15 is 0 Å². The minimum Gasteiger partial charge on any atom is -0.482 e. The average Bonchev–Trinajstić information content (AvgIpc) is 3.22. The average molecular weight is 415 g/mol. The first-order valence-electron chi connectivity index (χ1n) is 10.3. The van der Waals surface area contributed by atoms with Gasteiger partial charge in [-0.15, -0.1) is 0 Å². The minimum atomic E-state index is -0.138. The molecule has 0 unspecified atom stereocenters. The SMILES string of the molecule is CC(C)(C)c1ccc([C@H](CNC(=O)COc2ccccc2Cl)N2CCCC2)cc1. The second-order valence-electron chi connectivity index (χ2n) is 8.65. The lowest BCUT2D eigenvalue weighted by Crippen LogP contribution is -2.38. The lowest BCUT2D eigenvalue weighted by molar-refractivity contribution is -0.123. The fraction of sp³-hybridized carbons (Fsp3) is 0.458. The van der Waals surface area contributed by atoms with Crippen molar-refractivity contribution in [1.29, 1.82) is 0 Å². The minimum absolute atomic E-state index is 0.0422. The number of para-hydroxylation sites is 1. The van der Waals surface area contributed by atoms with Crippen LogP contribution in [0.25, 0.3) is 0 Å². The van der Waals surface area contributed by atoms with E-state index in [-0.39, 0.29) is 24.0 Å². The molecule has 1 fully saturated rings. The van der Waals surface area contributed by atoms with Crippen molar-refractivity contribution in [3.63, 3.8) is 0 Å². The Morgan fingerprint density at radius 1 is 1.10 bits per heavy atom. The molecule has 0 spiro atoms. The van der Waals surface area contributed by atoms with Gasteiger partial charge in [-0.2, -0.15) is 0 Å². The van der Waals surface area contributed by atoms with E-state index in [4.69, 9.17) is 16.3 Å². The molecule has 1 N–H and O–H groups in total. The smallest absolute Gasteiger partial charge is 0.258 e. The number of hydrogen-bond donors (Lipinski definition) is 1. The number of benzene rings is 2. The summed E-state index contributed by atoms with van der Waals surface area (Å²) in [5, 5.41) is 3.55. The van der Waals surface area contributed by atoms with Gasteiger partial charge in [-0.05, 0) is 54.6 Å². The molecule has 156 valence electrons. The maximum absolute atomic E-state index is 12.4. The van der Waals surface area contributed by atoms with Crippen LogP contribution in [0.3, 0.4) is 0 Å². The number of amides is 1. The molecule has 1 saturated heterocycles. The van der Waals surface area contributed by atoms with Gasteiger partial charge in [0.2, 0.25) is 0 Å². The molecule has 0 radical (unpaired) electrons. The summed E-state index contributed by atoms with van der Waals surface area (Å²) in [7, 11) is 0. The van der Waals surface area contributed by atoms with Crippen LogP contribution in [-0.4, -0.2) is 37.0 Å². The van der Waals surface area contributed by atoms with Gasteiger partial charge in [0.25, 0.3) is 5.91 Å². The summed E-state index contributed by atoms with van der Waals surface area (Å²) in [6.45, 7) is 9.33. The van der Waals surface area contributed by atoms with Gasteiger partial charge in [-0.3, -0.25) is 9.69 Å². The normalized spacial score (nSPS) is 15.9. The zero-order chi connectivity index (χ0) is 20.9. The number of likely N-dealkylation sites (tertiary alicyclic amines) is 1. The highest BCUT2D eigenvalue weighted by molar-refractivity contribution is 6.32. The van der Waals surface area contributed by atoms with Crippen LogP contribution in [0.15, 0.2) is 48.5 Å². The molecule has 2 aromatic rings. The van der Waals surface area contributed by atoms with Gasteiger partial charge in [-0.25, -0.2) is 0 Å². The highest BCUT2D eigenvalue weighted by atomic mass is 35.5. The van der Waals surface area contributed by atoms with Crippen molar-refractivity contribution >= 4 is 17.5 Å². The van der Waals surface area contributed by atoms with Crippen molar-refractivity contribution in [3.05, 3.63) is 64.7 Å². The van der Waals surface area contributed by atoms with Crippen LogP contribution in [-0.2, 0) is 10.2 Å². The van der Waals surface area contributed by atoms with E-state index in [1.807, 2.05) is 12.1 Å². The van der Waals surface area contributed by atoms with Gasteiger partial charge in [0.05, 0.1) is 11.1 Å². The molecule has 29 heavy (non-hydrogen) atoms. The fourth-order valence-electron chi connectivity index (χ4n) is 3.68. The molecule has 2 aromatic carbocycles. The topological polar surface area (TPSA) is 41.6 Å². The van der Waals surface area contributed by atoms with Crippen molar-refractivity contribution in [2.75, 3.05) is 26.2 Å². The third kappa shape index (κ3) is 5.97. The lowest BCUT2D eigenvalue weighted by atomic mass is 9.86. The summed E-state index contributed by atoms with van der Waals surface area (Å²) >= 11 is 6.08. The monoisotopic (exact) mass is 414 g/mol. The molecule has 0 saturated carbocycles. The van der Waals surface area contributed by atoms with Crippen LogP contribution in [0, 0.1) is 0 Å². The van der Waals surface area contributed by atoms with Crippen LogP contribution in [0.1, 0.15) is 50.8 Å². The molecule has 1 amide bonds. The van der Waals surface area contributed by atoms with Crippen LogP contribution in [0.4, 0.5) is 0 Å². The molecule has 5 heteroatoms. The van der Waals surface area contributed by atoms with Gasteiger partial charge < -0.3 is 10.1 Å². The number of nitrogens with one attached hydrogen (secondary N) is 1. The van der Waals surface area contributed by atoms with E-state index in [2.05, 4.69) is 55.3 Å². The van der Waals surface area contributed by atoms with Crippen LogP contribution in [0.5, 0.6) is 5.75 Å². The molecule has 1 heterocycles. The van der Waals surface area contributed by atoms with Crippen molar-refractivity contribution in [1.82, 2.24) is 10.2 Å². The number of carbonyl (C=O) groups is 1. The predicted molar refractivity (Wildman–Crippen MR) is 119 cm³/mol. The van der Waals surface area contributed by atoms with Crippen LogP contribution >= 0.6 is 11.6 Å². The number of ether oxygens (including phenoxy) is 1. The van der Waals surface area contributed by atoms with E-state index in [1.165, 1.54) is 24.0 Å². The number of rotatable bonds is 7. The third-order valence-electron chi connectivity index (χ3n) is 5.43. The maximum atomic E-state index is 12.4. The zero-order valence-electron chi connectivity index (χ0n) is 17.6. The summed E-state index contributed by atoms with van der Waals surface area (Å²) in [5.41, 5.74) is 2.69. The highest BCUT2D eigenvalue weighted by Crippen LogP contribution is 2.28. The summed E-state index contributed by atoms with van der Waals surface area (Å²) in [6, 6.07) is 16.2. The van der Waals surface area contributed by atoms with Crippen molar-refractivity contribution in [2.45, 2.75) is 45.1 Å². The van der Waals surface area contributed by atoms with Gasteiger partial charge >= 0.3 is 0 Å². The fourth-order valence-corrected chi connectivity index (χ4v) is 3.87. The van der Waals surface area contributed by atoms with Gasteiger partial charge in [0, 0.05) is 6.54 Å². The second-order valence-corrected chi connectivity index (χ2v) is 9.06. The van der Waals surface area contributed by atoms with E-state index in [9.17, 15) is 4.79 Å². The van der Waals surface area contributed by atoms with Crippen molar-refractivity contribution in [3.8, 4) is 5.75 Å². The summed E-state index contributed by atoms with van der Waals surface area (Å²) < 4.78 is 5.56. The zero-order valence-corrected chi connectivity index (χ0v) is 18.3. The highest BCUT2D eigenvalue weighted by Gasteiger charge is 2.24. The second kappa shape index (κ2) is 9.64. The Labute approximate surface area is 179 Å². The maximum Gasteiger partial charge on any atom is 0.258 e. The molecule has 4 nitrogen and oxygen atoms in total.